The van der Waals surface area contributed by atoms with E-state index in [4.69, 9.17) is 15.7 Å². The van der Waals surface area contributed by atoms with Gasteiger partial charge in [0.2, 0.25) is 0 Å². The molecule has 0 bridgehead atoms. The number of nitrogens with zero attached hydrogens (tertiary/aromatic N) is 2. The Bertz CT molecular complexity index is 720. The van der Waals surface area contributed by atoms with Gasteiger partial charge >= 0.3 is 0 Å². The van der Waals surface area contributed by atoms with Crippen molar-refractivity contribution in [3.05, 3.63) is 53.6 Å². The lowest BCUT2D eigenvalue weighted by Crippen LogP contribution is -2.27. The summed E-state index contributed by atoms with van der Waals surface area (Å²) in [7, 11) is 3.10. The number of ether oxygens (including phenoxy) is 1. The lowest BCUT2D eigenvalue weighted by Gasteiger charge is -2.20. The zero-order valence-corrected chi connectivity index (χ0v) is 11.8. The summed E-state index contributed by atoms with van der Waals surface area (Å²) >= 11 is 0. The zero-order chi connectivity index (χ0) is 15.4. The number of hydrogen-bond donors (Lipinski definition) is 1. The molecule has 2 aromatic rings. The third-order valence-electron chi connectivity index (χ3n) is 3.21. The van der Waals surface area contributed by atoms with Gasteiger partial charge in [-0.05, 0) is 24.3 Å². The van der Waals surface area contributed by atoms with Crippen molar-refractivity contribution in [2.75, 3.05) is 24.8 Å². The Morgan fingerprint density at radius 1 is 1.24 bits per heavy atom. The molecule has 1 amide bonds. The standard InChI is InChI=1S/C16H15N3O2/c1-19(13-8-4-3-6-11(13)10-17)16(20)12-7-5-9-14(21-2)15(12)18/h3-9H,18H2,1-2H3. The molecule has 0 unspecified atom stereocenters. The fourth-order valence-corrected chi connectivity index (χ4v) is 2.06. The first-order chi connectivity index (χ1) is 10.1. The van der Waals surface area contributed by atoms with E-state index < -0.39 is 0 Å². The van der Waals surface area contributed by atoms with Gasteiger partial charge in [0.25, 0.3) is 5.91 Å². The molecule has 0 aliphatic heterocycles. The van der Waals surface area contributed by atoms with E-state index in [2.05, 4.69) is 6.07 Å². The quantitative estimate of drug-likeness (QED) is 0.876. The van der Waals surface area contributed by atoms with E-state index in [9.17, 15) is 4.79 Å². The smallest absolute Gasteiger partial charge is 0.260 e. The van der Waals surface area contributed by atoms with Gasteiger partial charge in [-0.3, -0.25) is 4.79 Å². The number of carbonyl (C=O) groups is 1. The van der Waals surface area contributed by atoms with Gasteiger partial charge < -0.3 is 15.4 Å². The number of nitriles is 1. The number of amides is 1. The second-order valence-electron chi connectivity index (χ2n) is 4.41. The molecular weight excluding hydrogens is 266 g/mol. The van der Waals surface area contributed by atoms with Crippen molar-refractivity contribution < 1.29 is 9.53 Å². The molecule has 0 atom stereocenters. The summed E-state index contributed by atoms with van der Waals surface area (Å²) in [5.74, 6) is 0.150. The van der Waals surface area contributed by atoms with Crippen molar-refractivity contribution in [2.45, 2.75) is 0 Å². The summed E-state index contributed by atoms with van der Waals surface area (Å²) in [6.07, 6.45) is 0. The molecule has 0 aliphatic carbocycles. The van der Waals surface area contributed by atoms with E-state index in [-0.39, 0.29) is 11.6 Å². The van der Waals surface area contributed by atoms with Crippen molar-refractivity contribution in [3.63, 3.8) is 0 Å². The second-order valence-corrected chi connectivity index (χ2v) is 4.41. The van der Waals surface area contributed by atoms with Crippen LogP contribution in [0.5, 0.6) is 5.75 Å². The molecule has 0 spiro atoms. The van der Waals surface area contributed by atoms with Gasteiger partial charge in [-0.15, -0.1) is 0 Å². The lowest BCUT2D eigenvalue weighted by molar-refractivity contribution is 0.0993. The van der Waals surface area contributed by atoms with E-state index >= 15 is 0 Å². The number of nitrogens with two attached hydrogens (primary N) is 1. The number of para-hydroxylation sites is 2. The van der Waals surface area contributed by atoms with E-state index in [1.807, 2.05) is 0 Å². The van der Waals surface area contributed by atoms with Gasteiger partial charge in [0.1, 0.15) is 11.8 Å². The minimum atomic E-state index is -0.297. The van der Waals surface area contributed by atoms with E-state index in [0.29, 0.717) is 22.6 Å². The van der Waals surface area contributed by atoms with Crippen LogP contribution in [0.1, 0.15) is 15.9 Å². The van der Waals surface area contributed by atoms with Crippen molar-refractivity contribution in [1.82, 2.24) is 0 Å². The SMILES string of the molecule is COc1cccc(C(=O)N(C)c2ccccc2C#N)c1N. The van der Waals surface area contributed by atoms with Crippen LogP contribution in [0.4, 0.5) is 11.4 Å². The zero-order valence-electron chi connectivity index (χ0n) is 11.8. The Morgan fingerprint density at radius 3 is 2.62 bits per heavy atom. The van der Waals surface area contributed by atoms with Crippen LogP contribution in [-0.2, 0) is 0 Å². The van der Waals surface area contributed by atoms with Crippen LogP contribution in [0.3, 0.4) is 0 Å². The van der Waals surface area contributed by atoms with Gasteiger partial charge in [-0.2, -0.15) is 5.26 Å². The number of nitrogen functional groups attached to an aromatic ring is 1. The maximum atomic E-state index is 12.6. The van der Waals surface area contributed by atoms with Crippen molar-refractivity contribution in [3.8, 4) is 11.8 Å². The maximum Gasteiger partial charge on any atom is 0.260 e. The van der Waals surface area contributed by atoms with Crippen molar-refractivity contribution in [2.24, 2.45) is 0 Å². The monoisotopic (exact) mass is 281 g/mol. The summed E-state index contributed by atoms with van der Waals surface area (Å²) < 4.78 is 5.12. The highest BCUT2D eigenvalue weighted by Gasteiger charge is 2.19. The fourth-order valence-electron chi connectivity index (χ4n) is 2.06. The van der Waals surface area contributed by atoms with Gasteiger partial charge in [-0.25, -0.2) is 0 Å². The molecule has 0 fully saturated rings. The number of carbonyl (C=O) groups excluding carboxylic acids is 1. The van der Waals surface area contributed by atoms with E-state index in [1.54, 1.807) is 49.5 Å². The first-order valence-electron chi connectivity index (χ1n) is 6.29. The number of methoxy groups -OCH3 is 1. The van der Waals surface area contributed by atoms with Crippen LogP contribution >= 0.6 is 0 Å². The predicted octanol–water partition coefficient (Wildman–Crippen LogP) is 2.43. The molecule has 106 valence electrons. The molecule has 5 heteroatoms. The van der Waals surface area contributed by atoms with Crippen molar-refractivity contribution >= 4 is 17.3 Å². The molecule has 0 aromatic heterocycles. The Kier molecular flexibility index (Phi) is 4.10. The number of benzene rings is 2. The number of hydrogen-bond acceptors (Lipinski definition) is 4. The molecular formula is C16H15N3O2. The van der Waals surface area contributed by atoms with Gasteiger partial charge in [-0.1, -0.05) is 18.2 Å². The largest absolute Gasteiger partial charge is 0.495 e. The Morgan fingerprint density at radius 2 is 1.95 bits per heavy atom. The Hall–Kier alpha value is -3.00. The third-order valence-corrected chi connectivity index (χ3v) is 3.21. The first kappa shape index (κ1) is 14.4. The lowest BCUT2D eigenvalue weighted by atomic mass is 10.1. The van der Waals surface area contributed by atoms with Crippen molar-refractivity contribution in [1.29, 1.82) is 5.26 Å². The molecule has 0 aliphatic rings. The number of rotatable bonds is 3. The van der Waals surface area contributed by atoms with Gasteiger partial charge in [0.05, 0.1) is 29.6 Å². The molecule has 0 radical (unpaired) electrons. The van der Waals surface area contributed by atoms with Crippen LogP contribution in [-0.4, -0.2) is 20.1 Å². The van der Waals surface area contributed by atoms with Gasteiger partial charge in [0.15, 0.2) is 0 Å². The Labute approximate surface area is 123 Å². The average Bonchev–Trinajstić information content (AvgIpc) is 2.53. The van der Waals surface area contributed by atoms with E-state index in [0.717, 1.165) is 0 Å². The molecule has 2 aromatic carbocycles. The first-order valence-corrected chi connectivity index (χ1v) is 6.29. The summed E-state index contributed by atoms with van der Waals surface area (Å²) in [4.78, 5) is 14.0. The molecule has 0 saturated heterocycles. The van der Waals surface area contributed by atoms with Gasteiger partial charge in [0, 0.05) is 7.05 Å². The highest BCUT2D eigenvalue weighted by atomic mass is 16.5. The summed E-state index contributed by atoms with van der Waals surface area (Å²) in [6.45, 7) is 0. The number of anilines is 2. The minimum absolute atomic E-state index is 0.284. The third kappa shape index (κ3) is 2.65. The van der Waals surface area contributed by atoms with Crippen LogP contribution in [0.15, 0.2) is 42.5 Å². The van der Waals surface area contributed by atoms with E-state index in [1.165, 1.54) is 12.0 Å². The normalized spacial score (nSPS) is 9.76. The maximum absolute atomic E-state index is 12.6. The average molecular weight is 281 g/mol. The highest BCUT2D eigenvalue weighted by Crippen LogP contribution is 2.27. The second kappa shape index (κ2) is 5.97. The summed E-state index contributed by atoms with van der Waals surface area (Å²) in [6, 6.07) is 14.0. The van der Waals surface area contributed by atoms with Crippen LogP contribution in [0.2, 0.25) is 0 Å². The molecule has 0 heterocycles. The van der Waals surface area contributed by atoms with Crippen LogP contribution in [0, 0.1) is 11.3 Å². The van der Waals surface area contributed by atoms with Crippen LogP contribution < -0.4 is 15.4 Å². The highest BCUT2D eigenvalue weighted by molar-refractivity contribution is 6.10. The molecule has 2 N–H and O–H groups in total. The summed E-state index contributed by atoms with van der Waals surface area (Å²) in [5, 5.41) is 9.12. The predicted molar refractivity (Wildman–Crippen MR) is 81.3 cm³/mol. The molecule has 21 heavy (non-hydrogen) atoms. The fraction of sp³-hybridized carbons (Fsp3) is 0.125. The van der Waals surface area contributed by atoms with Crippen LogP contribution in [0.25, 0.3) is 0 Å². The molecule has 5 nitrogen and oxygen atoms in total. The Balaban J connectivity index is 2.43. The molecule has 0 saturated carbocycles. The topological polar surface area (TPSA) is 79.3 Å². The minimum Gasteiger partial charge on any atom is -0.495 e. The summed E-state index contributed by atoms with van der Waals surface area (Å²) in [5.41, 5.74) is 7.53. The molecule has 2 rings (SSSR count).